The molecule has 0 bridgehead atoms. The number of rotatable bonds is 3. The Morgan fingerprint density at radius 1 is 1.00 bits per heavy atom. The van der Waals surface area contributed by atoms with E-state index in [2.05, 4.69) is 6.07 Å². The minimum absolute atomic E-state index is 0.623. The third-order valence-electron chi connectivity index (χ3n) is 2.71. The molecule has 18 heavy (non-hydrogen) atoms. The van der Waals surface area contributed by atoms with Crippen LogP contribution in [-0.2, 0) is 0 Å². The Morgan fingerprint density at radius 3 is 2.44 bits per heavy atom. The summed E-state index contributed by atoms with van der Waals surface area (Å²) in [6.45, 7) is 0. The summed E-state index contributed by atoms with van der Waals surface area (Å²) in [5, 5.41) is 8.93. The summed E-state index contributed by atoms with van der Waals surface area (Å²) in [5.74, 6) is 1.35. The molecule has 90 valence electrons. The quantitative estimate of drug-likeness (QED) is 0.825. The first-order chi connectivity index (χ1) is 8.80. The molecule has 0 saturated heterocycles. The summed E-state index contributed by atoms with van der Waals surface area (Å²) in [4.78, 5) is 0. The number of nitriles is 1. The molecular weight excluding hydrogens is 226 g/mol. The normalized spacial score (nSPS) is 9.61. The second-order valence-electron chi connectivity index (χ2n) is 3.73. The van der Waals surface area contributed by atoms with Gasteiger partial charge in [0.2, 0.25) is 0 Å². The highest BCUT2D eigenvalue weighted by Gasteiger charge is 2.11. The molecule has 0 aliphatic heterocycles. The van der Waals surface area contributed by atoms with Gasteiger partial charge in [-0.2, -0.15) is 5.26 Å². The van der Waals surface area contributed by atoms with Gasteiger partial charge in [0.05, 0.1) is 25.9 Å². The van der Waals surface area contributed by atoms with Crippen LogP contribution in [0.25, 0.3) is 11.1 Å². The molecule has 0 aliphatic carbocycles. The lowest BCUT2D eigenvalue weighted by Crippen LogP contribution is -1.93. The van der Waals surface area contributed by atoms with Crippen LogP contribution in [0.5, 0.6) is 11.5 Å². The Balaban J connectivity index is 2.60. The van der Waals surface area contributed by atoms with E-state index in [0.717, 1.165) is 11.1 Å². The topological polar surface area (TPSA) is 42.2 Å². The second kappa shape index (κ2) is 5.24. The lowest BCUT2D eigenvalue weighted by molar-refractivity contribution is 0.356. The van der Waals surface area contributed by atoms with Crippen LogP contribution in [0, 0.1) is 11.3 Å². The van der Waals surface area contributed by atoms with E-state index < -0.39 is 0 Å². The lowest BCUT2D eigenvalue weighted by Gasteiger charge is -2.12. The van der Waals surface area contributed by atoms with E-state index in [1.807, 2.05) is 36.4 Å². The van der Waals surface area contributed by atoms with E-state index in [9.17, 15) is 0 Å². The molecule has 0 radical (unpaired) electrons. The summed E-state index contributed by atoms with van der Waals surface area (Å²) in [6, 6.07) is 15.2. The van der Waals surface area contributed by atoms with Gasteiger partial charge in [-0.05, 0) is 23.8 Å². The van der Waals surface area contributed by atoms with E-state index in [4.69, 9.17) is 14.7 Å². The van der Waals surface area contributed by atoms with E-state index in [0.29, 0.717) is 17.1 Å². The third-order valence-corrected chi connectivity index (χ3v) is 2.71. The van der Waals surface area contributed by atoms with Crippen LogP contribution in [0.2, 0.25) is 0 Å². The molecular formula is C15H13NO2. The van der Waals surface area contributed by atoms with Gasteiger partial charge in [-0.1, -0.05) is 24.3 Å². The van der Waals surface area contributed by atoms with E-state index in [-0.39, 0.29) is 0 Å². The minimum Gasteiger partial charge on any atom is -0.493 e. The molecule has 2 aromatic rings. The zero-order valence-corrected chi connectivity index (χ0v) is 10.3. The summed E-state index contributed by atoms with van der Waals surface area (Å²) in [7, 11) is 3.21. The summed E-state index contributed by atoms with van der Waals surface area (Å²) in [6.07, 6.45) is 0. The number of nitrogens with zero attached hydrogens (tertiary/aromatic N) is 1. The maximum absolute atomic E-state index is 8.93. The highest BCUT2D eigenvalue weighted by Crippen LogP contribution is 2.37. The Hall–Kier alpha value is -2.47. The molecule has 0 spiro atoms. The fraction of sp³-hybridized carbons (Fsp3) is 0.133. The van der Waals surface area contributed by atoms with Gasteiger partial charge in [-0.15, -0.1) is 0 Å². The smallest absolute Gasteiger partial charge is 0.168 e. The van der Waals surface area contributed by atoms with Crippen LogP contribution >= 0.6 is 0 Å². The van der Waals surface area contributed by atoms with Crippen molar-refractivity contribution in [3.8, 4) is 28.7 Å². The first-order valence-electron chi connectivity index (χ1n) is 5.51. The first-order valence-corrected chi connectivity index (χ1v) is 5.51. The molecule has 0 unspecified atom stereocenters. The maximum Gasteiger partial charge on any atom is 0.168 e. The molecule has 3 nitrogen and oxygen atoms in total. The monoisotopic (exact) mass is 239 g/mol. The molecule has 2 rings (SSSR count). The maximum atomic E-state index is 8.93. The molecule has 0 heterocycles. The highest BCUT2D eigenvalue weighted by molar-refractivity contribution is 5.74. The van der Waals surface area contributed by atoms with Crippen LogP contribution in [0.15, 0.2) is 42.5 Å². The van der Waals surface area contributed by atoms with Crippen LogP contribution in [0.1, 0.15) is 5.56 Å². The van der Waals surface area contributed by atoms with Gasteiger partial charge in [0.15, 0.2) is 11.5 Å². The fourth-order valence-electron chi connectivity index (χ4n) is 1.87. The Labute approximate surface area is 106 Å². The van der Waals surface area contributed by atoms with Crippen molar-refractivity contribution >= 4 is 0 Å². The minimum atomic E-state index is 0.623. The predicted octanol–water partition coefficient (Wildman–Crippen LogP) is 3.24. The largest absolute Gasteiger partial charge is 0.493 e. The fourth-order valence-corrected chi connectivity index (χ4v) is 1.87. The molecule has 0 saturated carbocycles. The van der Waals surface area contributed by atoms with E-state index >= 15 is 0 Å². The van der Waals surface area contributed by atoms with Gasteiger partial charge in [0.25, 0.3) is 0 Å². The molecule has 0 fully saturated rings. The molecule has 0 aliphatic rings. The predicted molar refractivity (Wildman–Crippen MR) is 69.7 cm³/mol. The van der Waals surface area contributed by atoms with Gasteiger partial charge in [-0.25, -0.2) is 0 Å². The summed E-state index contributed by atoms with van der Waals surface area (Å²) >= 11 is 0. The Morgan fingerprint density at radius 2 is 1.78 bits per heavy atom. The molecule has 2 aromatic carbocycles. The van der Waals surface area contributed by atoms with Gasteiger partial charge >= 0.3 is 0 Å². The van der Waals surface area contributed by atoms with Crippen molar-refractivity contribution in [1.82, 2.24) is 0 Å². The number of hydrogen-bond donors (Lipinski definition) is 0. The average Bonchev–Trinajstić information content (AvgIpc) is 2.46. The Kier molecular flexibility index (Phi) is 3.49. The van der Waals surface area contributed by atoms with Crippen molar-refractivity contribution in [3.05, 3.63) is 48.0 Å². The van der Waals surface area contributed by atoms with Crippen molar-refractivity contribution < 1.29 is 9.47 Å². The van der Waals surface area contributed by atoms with Crippen LogP contribution in [0.4, 0.5) is 0 Å². The van der Waals surface area contributed by atoms with Gasteiger partial charge < -0.3 is 9.47 Å². The molecule has 0 atom stereocenters. The zero-order chi connectivity index (χ0) is 13.0. The standard InChI is InChI=1S/C15H13NO2/c1-17-14-8-4-7-13(15(14)18-2)12-6-3-5-11(9-12)10-16/h3-9H,1-2H3. The second-order valence-corrected chi connectivity index (χ2v) is 3.73. The van der Waals surface area contributed by atoms with Gasteiger partial charge in [0, 0.05) is 5.56 Å². The SMILES string of the molecule is COc1cccc(-c2cccc(C#N)c2)c1OC. The lowest BCUT2D eigenvalue weighted by atomic mass is 10.0. The zero-order valence-electron chi connectivity index (χ0n) is 10.3. The highest BCUT2D eigenvalue weighted by atomic mass is 16.5. The number of methoxy groups -OCH3 is 2. The third kappa shape index (κ3) is 2.14. The number of benzene rings is 2. The number of hydrogen-bond acceptors (Lipinski definition) is 3. The van der Waals surface area contributed by atoms with Crippen molar-refractivity contribution in [2.75, 3.05) is 14.2 Å². The summed E-state index contributed by atoms with van der Waals surface area (Å²) in [5.41, 5.74) is 2.47. The Bertz CT molecular complexity index is 600. The van der Waals surface area contributed by atoms with Crippen LogP contribution in [0.3, 0.4) is 0 Å². The van der Waals surface area contributed by atoms with Crippen LogP contribution < -0.4 is 9.47 Å². The molecule has 0 amide bonds. The number of para-hydroxylation sites is 1. The van der Waals surface area contributed by atoms with Crippen LogP contribution in [-0.4, -0.2) is 14.2 Å². The molecule has 0 N–H and O–H groups in total. The van der Waals surface area contributed by atoms with Crippen molar-refractivity contribution in [2.45, 2.75) is 0 Å². The van der Waals surface area contributed by atoms with Gasteiger partial charge in [0.1, 0.15) is 0 Å². The molecule has 0 aromatic heterocycles. The summed E-state index contributed by atoms with van der Waals surface area (Å²) < 4.78 is 10.7. The van der Waals surface area contributed by atoms with Crippen molar-refractivity contribution in [2.24, 2.45) is 0 Å². The van der Waals surface area contributed by atoms with Crippen molar-refractivity contribution in [1.29, 1.82) is 5.26 Å². The van der Waals surface area contributed by atoms with Gasteiger partial charge in [-0.3, -0.25) is 0 Å². The first kappa shape index (κ1) is 12.0. The average molecular weight is 239 g/mol. The van der Waals surface area contributed by atoms with Crippen molar-refractivity contribution in [3.63, 3.8) is 0 Å². The molecule has 3 heteroatoms. The van der Waals surface area contributed by atoms with E-state index in [1.165, 1.54) is 0 Å². The van der Waals surface area contributed by atoms with E-state index in [1.54, 1.807) is 20.3 Å². The number of ether oxygens (including phenoxy) is 2.